The Bertz CT molecular complexity index is 594. The molecule has 1 aromatic carbocycles. The van der Waals surface area contributed by atoms with E-state index >= 15 is 0 Å². The summed E-state index contributed by atoms with van der Waals surface area (Å²) >= 11 is 0. The van der Waals surface area contributed by atoms with Crippen LogP contribution in [0.5, 0.6) is 0 Å². The number of piperidine rings is 1. The van der Waals surface area contributed by atoms with Gasteiger partial charge in [-0.05, 0) is 18.4 Å². The highest BCUT2D eigenvalue weighted by atomic mass is 19.1. The predicted octanol–water partition coefficient (Wildman–Crippen LogP) is 1.68. The number of nitro groups is 1. The van der Waals surface area contributed by atoms with E-state index in [0.717, 1.165) is 0 Å². The van der Waals surface area contributed by atoms with Crippen LogP contribution in [0.25, 0.3) is 0 Å². The van der Waals surface area contributed by atoms with E-state index in [0.29, 0.717) is 31.6 Å². The molecular formula is C13H15F2N3O3. The lowest BCUT2D eigenvalue weighted by molar-refractivity contribution is -0.387. The first-order chi connectivity index (χ1) is 9.81. The maximum absolute atomic E-state index is 14.0. The molecule has 21 heavy (non-hydrogen) atoms. The van der Waals surface area contributed by atoms with Crippen molar-refractivity contribution in [1.29, 1.82) is 0 Å². The fraction of sp³-hybridized carbons (Fsp3) is 0.462. The second-order valence-electron chi connectivity index (χ2n) is 5.22. The number of likely N-dealkylation sites (tertiary alicyclic amines) is 1. The number of benzene rings is 1. The molecule has 1 amide bonds. The lowest BCUT2D eigenvalue weighted by Crippen LogP contribution is -2.48. The van der Waals surface area contributed by atoms with Crippen LogP contribution in [-0.4, -0.2) is 34.9 Å². The first-order valence-corrected chi connectivity index (χ1v) is 6.49. The summed E-state index contributed by atoms with van der Waals surface area (Å²) in [4.78, 5) is 23.2. The minimum absolute atomic E-state index is 0.0225. The Kier molecular flexibility index (Phi) is 4.17. The molecule has 0 aliphatic carbocycles. The van der Waals surface area contributed by atoms with Gasteiger partial charge in [0.05, 0.1) is 16.6 Å². The number of nitro benzene ring substituents is 1. The van der Waals surface area contributed by atoms with Crippen molar-refractivity contribution in [3.8, 4) is 0 Å². The Morgan fingerprint density at radius 1 is 1.48 bits per heavy atom. The molecule has 1 aromatic rings. The summed E-state index contributed by atoms with van der Waals surface area (Å²) < 4.78 is 27.4. The average molecular weight is 299 g/mol. The standard InChI is InChI=1S/C13H15F2N3O3/c1-7-6-17(3-2-10(7)16)13(19)9-4-8(14)5-11(12(9)15)18(20)21/h4-5,7,10H,2-3,6,16H2,1H3. The quantitative estimate of drug-likeness (QED) is 0.664. The monoisotopic (exact) mass is 299 g/mol. The van der Waals surface area contributed by atoms with Crippen molar-refractivity contribution in [3.05, 3.63) is 39.4 Å². The highest BCUT2D eigenvalue weighted by molar-refractivity contribution is 5.95. The molecule has 1 aliphatic heterocycles. The predicted molar refractivity (Wildman–Crippen MR) is 70.7 cm³/mol. The topological polar surface area (TPSA) is 89.5 Å². The van der Waals surface area contributed by atoms with Crippen molar-refractivity contribution >= 4 is 11.6 Å². The van der Waals surface area contributed by atoms with E-state index < -0.39 is 33.7 Å². The summed E-state index contributed by atoms with van der Waals surface area (Å²) in [5, 5.41) is 10.7. The lowest BCUT2D eigenvalue weighted by Gasteiger charge is -2.35. The third-order valence-corrected chi connectivity index (χ3v) is 3.70. The van der Waals surface area contributed by atoms with Gasteiger partial charge in [0.25, 0.3) is 5.91 Å². The molecule has 1 saturated heterocycles. The smallest absolute Gasteiger partial charge is 0.308 e. The maximum Gasteiger partial charge on any atom is 0.308 e. The van der Waals surface area contributed by atoms with Crippen molar-refractivity contribution in [2.24, 2.45) is 11.7 Å². The van der Waals surface area contributed by atoms with E-state index in [4.69, 9.17) is 5.73 Å². The fourth-order valence-electron chi connectivity index (χ4n) is 2.38. The van der Waals surface area contributed by atoms with Gasteiger partial charge in [0.15, 0.2) is 0 Å². The second kappa shape index (κ2) is 5.72. The molecular weight excluding hydrogens is 284 g/mol. The summed E-state index contributed by atoms with van der Waals surface area (Å²) in [7, 11) is 0. The zero-order valence-electron chi connectivity index (χ0n) is 11.4. The summed E-state index contributed by atoms with van der Waals surface area (Å²) in [6.45, 7) is 2.48. The summed E-state index contributed by atoms with van der Waals surface area (Å²) in [6.07, 6.45) is 0.548. The number of halogens is 2. The summed E-state index contributed by atoms with van der Waals surface area (Å²) in [5.74, 6) is -3.06. The molecule has 114 valence electrons. The van der Waals surface area contributed by atoms with Crippen molar-refractivity contribution in [1.82, 2.24) is 4.90 Å². The van der Waals surface area contributed by atoms with Crippen molar-refractivity contribution in [3.63, 3.8) is 0 Å². The number of nitrogens with zero attached hydrogens (tertiary/aromatic N) is 2. The van der Waals surface area contributed by atoms with Crippen LogP contribution >= 0.6 is 0 Å². The van der Waals surface area contributed by atoms with Crippen LogP contribution in [0.2, 0.25) is 0 Å². The molecule has 1 aliphatic rings. The third kappa shape index (κ3) is 2.99. The summed E-state index contributed by atoms with van der Waals surface area (Å²) in [5.41, 5.74) is 4.17. The number of rotatable bonds is 2. The Hall–Kier alpha value is -2.09. The van der Waals surface area contributed by atoms with Crippen LogP contribution in [0.15, 0.2) is 12.1 Å². The van der Waals surface area contributed by atoms with Crippen LogP contribution in [-0.2, 0) is 0 Å². The van der Waals surface area contributed by atoms with Gasteiger partial charge in [-0.25, -0.2) is 4.39 Å². The number of hydrogen-bond acceptors (Lipinski definition) is 4. The van der Waals surface area contributed by atoms with Gasteiger partial charge < -0.3 is 10.6 Å². The zero-order chi connectivity index (χ0) is 15.7. The van der Waals surface area contributed by atoms with Gasteiger partial charge in [-0.1, -0.05) is 6.92 Å². The minimum atomic E-state index is -1.31. The van der Waals surface area contributed by atoms with Crippen LogP contribution in [0, 0.1) is 27.7 Å². The second-order valence-corrected chi connectivity index (χ2v) is 5.22. The van der Waals surface area contributed by atoms with E-state index in [1.807, 2.05) is 6.92 Å². The van der Waals surface area contributed by atoms with E-state index in [1.165, 1.54) is 4.90 Å². The van der Waals surface area contributed by atoms with E-state index in [9.17, 15) is 23.7 Å². The maximum atomic E-state index is 14.0. The van der Waals surface area contributed by atoms with Gasteiger partial charge in [0.2, 0.25) is 5.82 Å². The molecule has 0 spiro atoms. The Balaban J connectivity index is 2.33. The molecule has 0 radical (unpaired) electrons. The fourth-order valence-corrected chi connectivity index (χ4v) is 2.38. The normalized spacial score (nSPS) is 22.2. The van der Waals surface area contributed by atoms with Gasteiger partial charge in [-0.15, -0.1) is 0 Å². The van der Waals surface area contributed by atoms with Crippen LogP contribution in [0.1, 0.15) is 23.7 Å². The van der Waals surface area contributed by atoms with Gasteiger partial charge in [-0.2, -0.15) is 4.39 Å². The van der Waals surface area contributed by atoms with Crippen molar-refractivity contribution in [2.45, 2.75) is 19.4 Å². The Morgan fingerprint density at radius 2 is 2.14 bits per heavy atom. The number of nitrogens with two attached hydrogens (primary N) is 1. The average Bonchev–Trinajstić information content (AvgIpc) is 2.43. The summed E-state index contributed by atoms with van der Waals surface area (Å²) in [6, 6.07) is 1.09. The van der Waals surface area contributed by atoms with E-state index in [2.05, 4.69) is 0 Å². The molecule has 0 saturated carbocycles. The largest absolute Gasteiger partial charge is 0.338 e. The third-order valence-electron chi connectivity index (χ3n) is 3.70. The zero-order valence-corrected chi connectivity index (χ0v) is 11.4. The first kappa shape index (κ1) is 15.3. The number of amides is 1. The molecule has 8 heteroatoms. The molecule has 2 rings (SSSR count). The number of carbonyl (C=O) groups is 1. The Morgan fingerprint density at radius 3 is 2.71 bits per heavy atom. The van der Waals surface area contributed by atoms with Crippen LogP contribution < -0.4 is 5.73 Å². The van der Waals surface area contributed by atoms with E-state index in [-0.39, 0.29) is 12.0 Å². The Labute approximate surface area is 119 Å². The number of carbonyl (C=O) groups excluding carboxylic acids is 1. The lowest BCUT2D eigenvalue weighted by atomic mass is 9.94. The highest BCUT2D eigenvalue weighted by Gasteiger charge is 2.31. The SMILES string of the molecule is CC1CN(C(=O)c2cc(F)cc([N+](=O)[O-])c2F)CCC1N. The van der Waals surface area contributed by atoms with Gasteiger partial charge >= 0.3 is 5.69 Å². The first-order valence-electron chi connectivity index (χ1n) is 6.49. The van der Waals surface area contributed by atoms with Gasteiger partial charge in [0, 0.05) is 19.1 Å². The van der Waals surface area contributed by atoms with Gasteiger partial charge in [-0.3, -0.25) is 14.9 Å². The molecule has 2 unspecified atom stereocenters. The van der Waals surface area contributed by atoms with Crippen molar-refractivity contribution in [2.75, 3.05) is 13.1 Å². The number of hydrogen-bond donors (Lipinski definition) is 1. The molecule has 2 atom stereocenters. The molecule has 1 heterocycles. The van der Waals surface area contributed by atoms with Crippen molar-refractivity contribution < 1.29 is 18.5 Å². The van der Waals surface area contributed by atoms with Crippen LogP contribution in [0.3, 0.4) is 0 Å². The molecule has 6 nitrogen and oxygen atoms in total. The highest BCUT2D eigenvalue weighted by Crippen LogP contribution is 2.25. The van der Waals surface area contributed by atoms with E-state index in [1.54, 1.807) is 0 Å². The van der Waals surface area contributed by atoms with Gasteiger partial charge in [0.1, 0.15) is 5.82 Å². The minimum Gasteiger partial charge on any atom is -0.338 e. The molecule has 1 fully saturated rings. The van der Waals surface area contributed by atoms with Crippen LogP contribution in [0.4, 0.5) is 14.5 Å². The molecule has 2 N–H and O–H groups in total. The molecule has 0 aromatic heterocycles. The molecule has 0 bridgehead atoms.